The van der Waals surface area contributed by atoms with Crippen LogP contribution in [0, 0.1) is 23.7 Å². The van der Waals surface area contributed by atoms with E-state index in [1.54, 1.807) is 0 Å². The second kappa shape index (κ2) is 9.55. The van der Waals surface area contributed by atoms with Crippen molar-refractivity contribution in [2.45, 2.75) is 58.3 Å². The highest BCUT2D eigenvalue weighted by atomic mass is 16.4. The highest BCUT2D eigenvalue weighted by Crippen LogP contribution is 2.37. The fourth-order valence-corrected chi connectivity index (χ4v) is 5.00. The van der Waals surface area contributed by atoms with Gasteiger partial charge in [-0.25, -0.2) is 0 Å². The molecule has 0 aromatic heterocycles. The van der Waals surface area contributed by atoms with Gasteiger partial charge in [-0.1, -0.05) is 43.7 Å². The van der Waals surface area contributed by atoms with Gasteiger partial charge in [0.2, 0.25) is 0 Å². The van der Waals surface area contributed by atoms with Crippen molar-refractivity contribution in [3.8, 4) is 0 Å². The summed E-state index contributed by atoms with van der Waals surface area (Å²) in [6, 6.07) is 10.8. The van der Waals surface area contributed by atoms with E-state index in [0.717, 1.165) is 24.7 Å². The van der Waals surface area contributed by atoms with E-state index in [2.05, 4.69) is 35.2 Å². The number of aryl methyl sites for hydroxylation is 1. The molecule has 2 aliphatic rings. The van der Waals surface area contributed by atoms with Crippen LogP contribution in [-0.4, -0.2) is 35.6 Å². The average Bonchev–Trinajstić information content (AvgIpc) is 3.12. The van der Waals surface area contributed by atoms with Crippen LogP contribution in [0.4, 0.5) is 0 Å². The number of aliphatic carboxylic acids is 1. The second-order valence-corrected chi connectivity index (χ2v) is 8.69. The number of rotatable bonds is 8. The van der Waals surface area contributed by atoms with Crippen molar-refractivity contribution in [3.63, 3.8) is 0 Å². The van der Waals surface area contributed by atoms with Gasteiger partial charge in [-0.3, -0.25) is 4.79 Å². The van der Waals surface area contributed by atoms with Gasteiger partial charge in [-0.15, -0.1) is 0 Å². The summed E-state index contributed by atoms with van der Waals surface area (Å²) in [5.41, 5.74) is 1.47. The number of carboxylic acids is 1. The summed E-state index contributed by atoms with van der Waals surface area (Å²) < 4.78 is 0. The summed E-state index contributed by atoms with van der Waals surface area (Å²) in [5, 5.41) is 9.21. The molecule has 1 heterocycles. The zero-order valence-corrected chi connectivity index (χ0v) is 16.3. The summed E-state index contributed by atoms with van der Waals surface area (Å²) >= 11 is 0. The molecular weight excluding hydrogens is 322 g/mol. The number of nitrogens with zero attached hydrogens (tertiary/aromatic N) is 1. The number of likely N-dealkylation sites (tertiary alicyclic amines) is 1. The van der Waals surface area contributed by atoms with E-state index in [1.165, 1.54) is 63.7 Å². The van der Waals surface area contributed by atoms with Crippen LogP contribution in [-0.2, 0) is 11.2 Å². The van der Waals surface area contributed by atoms with E-state index in [0.29, 0.717) is 5.92 Å². The topological polar surface area (TPSA) is 40.5 Å². The van der Waals surface area contributed by atoms with Crippen molar-refractivity contribution in [2.75, 3.05) is 19.6 Å². The average molecular weight is 358 g/mol. The largest absolute Gasteiger partial charge is 0.481 e. The van der Waals surface area contributed by atoms with E-state index >= 15 is 0 Å². The van der Waals surface area contributed by atoms with E-state index < -0.39 is 5.97 Å². The molecule has 1 aliphatic carbocycles. The molecule has 3 unspecified atom stereocenters. The highest BCUT2D eigenvalue weighted by molar-refractivity contribution is 5.69. The maximum atomic E-state index is 11.2. The second-order valence-electron chi connectivity index (χ2n) is 8.69. The summed E-state index contributed by atoms with van der Waals surface area (Å²) in [6.45, 7) is 5.56. The molecule has 3 rings (SSSR count). The molecule has 1 aliphatic heterocycles. The fraction of sp³-hybridized carbons (Fsp3) is 0.696. The lowest BCUT2D eigenvalue weighted by Crippen LogP contribution is -2.36. The van der Waals surface area contributed by atoms with Crippen LogP contribution in [0.15, 0.2) is 30.3 Å². The molecule has 0 spiro atoms. The molecule has 144 valence electrons. The Morgan fingerprint density at radius 1 is 1.12 bits per heavy atom. The molecule has 0 bridgehead atoms. The molecule has 0 radical (unpaired) electrons. The van der Waals surface area contributed by atoms with Crippen LogP contribution >= 0.6 is 0 Å². The first-order valence-corrected chi connectivity index (χ1v) is 10.6. The van der Waals surface area contributed by atoms with Crippen molar-refractivity contribution >= 4 is 5.97 Å². The van der Waals surface area contributed by atoms with Gasteiger partial charge >= 0.3 is 5.97 Å². The molecule has 2 fully saturated rings. The third-order valence-electron chi connectivity index (χ3n) is 6.82. The Morgan fingerprint density at radius 3 is 2.54 bits per heavy atom. The Hall–Kier alpha value is -1.35. The minimum absolute atomic E-state index is 0.171. The Labute approximate surface area is 158 Å². The van der Waals surface area contributed by atoms with Crippen LogP contribution < -0.4 is 0 Å². The van der Waals surface area contributed by atoms with Crippen LogP contribution in [0.2, 0.25) is 0 Å². The van der Waals surface area contributed by atoms with Gasteiger partial charge in [0.25, 0.3) is 0 Å². The SMILES string of the molecule is CC(C(=O)O)C1CCC(CN2CCC(CCCc3ccccc3)CC2)C1. The zero-order chi connectivity index (χ0) is 18.4. The van der Waals surface area contributed by atoms with Crippen molar-refractivity contribution < 1.29 is 9.90 Å². The minimum atomic E-state index is -0.619. The Bertz CT molecular complexity index is 551. The van der Waals surface area contributed by atoms with Crippen LogP contribution in [0.25, 0.3) is 0 Å². The molecule has 3 atom stereocenters. The number of hydrogen-bond donors (Lipinski definition) is 1. The molecule has 1 aromatic rings. The molecular formula is C23H35NO2. The summed E-state index contributed by atoms with van der Waals surface area (Å²) in [5.74, 6) is 1.23. The van der Waals surface area contributed by atoms with Gasteiger partial charge in [-0.2, -0.15) is 0 Å². The standard InChI is InChI=1S/C23H35NO2/c1-18(23(25)26)22-11-10-21(16-22)17-24-14-12-20(13-15-24)9-5-8-19-6-3-2-4-7-19/h2-4,6-7,18,20-22H,5,8-17H2,1H3,(H,25,26). The maximum Gasteiger partial charge on any atom is 0.306 e. The summed E-state index contributed by atoms with van der Waals surface area (Å²) in [4.78, 5) is 13.8. The van der Waals surface area contributed by atoms with Crippen LogP contribution in [0.5, 0.6) is 0 Å². The lowest BCUT2D eigenvalue weighted by atomic mass is 9.89. The van der Waals surface area contributed by atoms with E-state index in [1.807, 2.05) is 6.92 Å². The first kappa shape index (κ1) is 19.4. The Kier molecular flexibility index (Phi) is 7.13. The summed E-state index contributed by atoms with van der Waals surface area (Å²) in [7, 11) is 0. The Balaban J connectivity index is 1.31. The molecule has 3 nitrogen and oxygen atoms in total. The number of benzene rings is 1. The predicted molar refractivity (Wildman–Crippen MR) is 106 cm³/mol. The lowest BCUT2D eigenvalue weighted by Gasteiger charge is -2.33. The minimum Gasteiger partial charge on any atom is -0.481 e. The van der Waals surface area contributed by atoms with Gasteiger partial charge in [0, 0.05) is 6.54 Å². The molecule has 26 heavy (non-hydrogen) atoms. The van der Waals surface area contributed by atoms with Gasteiger partial charge in [-0.05, 0) is 81.4 Å². The normalized spacial score (nSPS) is 26.0. The van der Waals surface area contributed by atoms with Gasteiger partial charge in [0.1, 0.15) is 0 Å². The molecule has 1 saturated heterocycles. The smallest absolute Gasteiger partial charge is 0.306 e. The van der Waals surface area contributed by atoms with Crippen LogP contribution in [0.1, 0.15) is 57.4 Å². The monoisotopic (exact) mass is 357 g/mol. The predicted octanol–water partition coefficient (Wildman–Crippen LogP) is 4.86. The third-order valence-corrected chi connectivity index (χ3v) is 6.82. The van der Waals surface area contributed by atoms with Crippen molar-refractivity contribution in [1.82, 2.24) is 4.90 Å². The molecule has 1 N–H and O–H groups in total. The van der Waals surface area contributed by atoms with E-state index in [9.17, 15) is 9.90 Å². The highest BCUT2D eigenvalue weighted by Gasteiger charge is 2.33. The van der Waals surface area contributed by atoms with Crippen molar-refractivity contribution in [1.29, 1.82) is 0 Å². The van der Waals surface area contributed by atoms with Gasteiger partial charge in [0.15, 0.2) is 0 Å². The first-order valence-electron chi connectivity index (χ1n) is 10.6. The Morgan fingerprint density at radius 2 is 1.85 bits per heavy atom. The molecule has 1 saturated carbocycles. The molecule has 3 heteroatoms. The number of carboxylic acid groups (broad SMARTS) is 1. The maximum absolute atomic E-state index is 11.2. The van der Waals surface area contributed by atoms with Crippen LogP contribution in [0.3, 0.4) is 0 Å². The van der Waals surface area contributed by atoms with Crippen molar-refractivity contribution in [3.05, 3.63) is 35.9 Å². The van der Waals surface area contributed by atoms with Gasteiger partial charge < -0.3 is 10.0 Å². The molecule has 1 aromatic carbocycles. The number of hydrogen-bond acceptors (Lipinski definition) is 2. The van der Waals surface area contributed by atoms with E-state index in [4.69, 9.17) is 0 Å². The lowest BCUT2D eigenvalue weighted by molar-refractivity contribution is -0.142. The zero-order valence-electron chi connectivity index (χ0n) is 16.3. The third kappa shape index (κ3) is 5.57. The quantitative estimate of drug-likeness (QED) is 0.722. The number of carbonyl (C=O) groups is 1. The van der Waals surface area contributed by atoms with Crippen molar-refractivity contribution in [2.24, 2.45) is 23.7 Å². The first-order chi connectivity index (χ1) is 12.6. The summed E-state index contributed by atoms with van der Waals surface area (Å²) in [6.07, 6.45) is 10.0. The molecule has 0 amide bonds. The fourth-order valence-electron chi connectivity index (χ4n) is 5.00. The van der Waals surface area contributed by atoms with E-state index in [-0.39, 0.29) is 5.92 Å². The number of piperidine rings is 1. The van der Waals surface area contributed by atoms with Gasteiger partial charge in [0.05, 0.1) is 5.92 Å².